The summed E-state index contributed by atoms with van der Waals surface area (Å²) in [5, 5.41) is 2.38. The van der Waals surface area contributed by atoms with Gasteiger partial charge in [0.1, 0.15) is 16.0 Å². The predicted molar refractivity (Wildman–Crippen MR) is 130 cm³/mol. The summed E-state index contributed by atoms with van der Waals surface area (Å²) in [6.07, 6.45) is -10.3. The lowest BCUT2D eigenvalue weighted by Gasteiger charge is -2.14. The van der Waals surface area contributed by atoms with Gasteiger partial charge in [0.05, 0.1) is 21.1 Å². The number of primary sulfonamides is 1. The van der Waals surface area contributed by atoms with E-state index in [-0.39, 0.29) is 8.41 Å². The molecule has 29 heteroatoms. The zero-order valence-electron chi connectivity index (χ0n) is 21.4. The van der Waals surface area contributed by atoms with E-state index in [1.807, 2.05) is 0 Å². The van der Waals surface area contributed by atoms with Crippen LogP contribution in [0.15, 0.2) is 9.79 Å². The van der Waals surface area contributed by atoms with Crippen LogP contribution in [0.2, 0.25) is 0 Å². The second kappa shape index (κ2) is 14.9. The van der Waals surface area contributed by atoms with Gasteiger partial charge in [-0.15, -0.1) is 0 Å². The van der Waals surface area contributed by atoms with E-state index in [4.69, 9.17) is 0 Å². The summed E-state index contributed by atoms with van der Waals surface area (Å²) in [6.45, 7) is 0. The molecule has 0 aliphatic rings. The molecule has 3 radical (unpaired) electrons. The fourth-order valence-corrected chi connectivity index (χ4v) is 7.46. The van der Waals surface area contributed by atoms with Crippen molar-refractivity contribution in [3.05, 3.63) is 57.7 Å². The average molecular weight is 841 g/mol. The van der Waals surface area contributed by atoms with Crippen LogP contribution in [0.1, 0.15) is 11.1 Å². The van der Waals surface area contributed by atoms with Crippen molar-refractivity contribution in [3.63, 3.8) is 0 Å². The zero-order valence-corrected chi connectivity index (χ0v) is 26.3. The topological polar surface area (TPSA) is 163 Å². The number of hydrogen-bond acceptors (Lipinski definition) is 8. The molecule has 0 bridgehead atoms. The lowest BCUT2D eigenvalue weighted by atomic mass is 10.1. The molecule has 0 unspecified atom stereocenters. The maximum atomic E-state index is 13.4. The molecule has 0 heterocycles. The molecule has 2 aromatic rings. The molecule has 0 spiro atoms. The molecule has 0 aliphatic carbocycles. The van der Waals surface area contributed by atoms with Crippen LogP contribution in [0.25, 0.3) is 0 Å². The van der Waals surface area contributed by atoms with E-state index in [0.29, 0.717) is 6.26 Å². The summed E-state index contributed by atoms with van der Waals surface area (Å²) in [5.74, 6) is -22.7. The van der Waals surface area contributed by atoms with E-state index >= 15 is 0 Å². The van der Waals surface area contributed by atoms with Gasteiger partial charge in [0.2, 0.25) is 18.3 Å². The van der Waals surface area contributed by atoms with Gasteiger partial charge in [0.25, 0.3) is 0 Å². The molecule has 0 aromatic heterocycles. The second-order valence-corrected chi connectivity index (χ2v) is 17.8. The summed E-state index contributed by atoms with van der Waals surface area (Å²) in [5.41, 5.74) is -5.79. The quantitative estimate of drug-likeness (QED) is 0.210. The standard InChI is InChI=1S/C9H5F7O4S2.C7BrF7O2S.CH5NO2S.B/c1-21(17,18)2-22(19,20)8-6(12)4(10)3(9(14,15)16)5(11)7(8)13;8-18(16,17)6-4(11)2(9)1(7(13,14)15)3(10)5(6)12;1-5(2,3)4;/h2H2,1H3;;1H3,(H2,2,3,4);. The van der Waals surface area contributed by atoms with Crippen molar-refractivity contribution in [2.24, 2.45) is 5.14 Å². The molecule has 263 valence electrons. The van der Waals surface area contributed by atoms with Crippen LogP contribution in [0.5, 0.6) is 0 Å². The number of rotatable bonds is 4. The monoisotopic (exact) mass is 840 g/mol. The number of sulfone groups is 2. The van der Waals surface area contributed by atoms with Crippen LogP contribution in [-0.2, 0) is 50.3 Å². The number of benzene rings is 2. The molecule has 0 amide bonds. The van der Waals surface area contributed by atoms with Crippen LogP contribution in [0, 0.1) is 46.5 Å². The Kier molecular flexibility index (Phi) is 14.9. The number of nitrogens with two attached hydrogens (primary N) is 1. The molecule has 46 heavy (non-hydrogen) atoms. The number of halogens is 15. The molecule has 0 aliphatic heterocycles. The molecule has 2 N–H and O–H groups in total. The van der Waals surface area contributed by atoms with Gasteiger partial charge < -0.3 is 0 Å². The SMILES string of the molecule is CS(=O)(=O)CS(=O)(=O)c1c(F)c(F)c(C(F)(F)F)c(F)c1F.CS(N)(=O)=O.O=S(=O)(Br)c1c(F)c(F)c(C(F)(F)F)c(F)c1F.[B]. The molecule has 2 aromatic carbocycles. The highest BCUT2D eigenvalue weighted by molar-refractivity contribution is 9.47. The Balaban J connectivity index is 0. The Hall–Kier alpha value is -2.24. The van der Waals surface area contributed by atoms with Crippen LogP contribution in [-0.4, -0.2) is 59.7 Å². The lowest BCUT2D eigenvalue weighted by molar-refractivity contribution is -0.144. The fourth-order valence-electron chi connectivity index (χ4n) is 2.55. The predicted octanol–water partition coefficient (Wildman–Crippen LogP) is 3.91. The van der Waals surface area contributed by atoms with Gasteiger partial charge in [-0.2, -0.15) is 26.3 Å². The molecule has 0 saturated carbocycles. The highest BCUT2D eigenvalue weighted by atomic mass is 79.9. The van der Waals surface area contributed by atoms with Crippen LogP contribution in [0.4, 0.5) is 61.5 Å². The maximum Gasteiger partial charge on any atom is 0.422 e. The Morgan fingerprint density at radius 1 is 0.543 bits per heavy atom. The fraction of sp³-hybridized carbons (Fsp3) is 0.294. The average Bonchev–Trinajstić information content (AvgIpc) is 2.71. The Bertz CT molecular complexity index is 1870. The first-order chi connectivity index (χ1) is 19.5. The van der Waals surface area contributed by atoms with Crippen molar-refractivity contribution < 1.29 is 95.1 Å². The highest BCUT2D eigenvalue weighted by Gasteiger charge is 2.45. The van der Waals surface area contributed by atoms with E-state index in [1.54, 1.807) is 14.8 Å². The minimum Gasteiger partial charge on any atom is -0.229 e. The van der Waals surface area contributed by atoms with Crippen molar-refractivity contribution in [2.45, 2.75) is 22.1 Å². The smallest absolute Gasteiger partial charge is 0.229 e. The van der Waals surface area contributed by atoms with Crippen molar-refractivity contribution in [1.82, 2.24) is 0 Å². The van der Waals surface area contributed by atoms with Gasteiger partial charge in [0, 0.05) is 14.7 Å². The minimum atomic E-state index is -5.84. The Morgan fingerprint density at radius 3 is 0.935 bits per heavy atom. The summed E-state index contributed by atoms with van der Waals surface area (Å²) in [4.78, 5) is -4.58. The van der Waals surface area contributed by atoms with E-state index in [2.05, 4.69) is 5.14 Å². The number of hydrogen-bond donors (Lipinski definition) is 1. The second-order valence-electron chi connectivity index (χ2n) is 7.84. The summed E-state index contributed by atoms with van der Waals surface area (Å²) in [6, 6.07) is 0. The van der Waals surface area contributed by atoms with Gasteiger partial charge in [-0.25, -0.2) is 73.9 Å². The Morgan fingerprint density at radius 2 is 0.761 bits per heavy atom. The zero-order chi connectivity index (χ0) is 36.6. The van der Waals surface area contributed by atoms with E-state index in [0.717, 1.165) is 6.26 Å². The molecule has 0 fully saturated rings. The van der Waals surface area contributed by atoms with Crippen molar-refractivity contribution in [3.8, 4) is 0 Å². The first-order valence-electron chi connectivity index (χ1n) is 9.67. The molecular formula is C17H10BBrF14NO8S4. The van der Waals surface area contributed by atoms with Gasteiger partial charge in [0.15, 0.2) is 76.2 Å². The van der Waals surface area contributed by atoms with E-state index in [9.17, 15) is 95.1 Å². The lowest BCUT2D eigenvalue weighted by Crippen LogP contribution is -2.22. The minimum absolute atomic E-state index is 0. The normalized spacial score (nSPS) is 12.7. The molecular weight excluding hydrogens is 831 g/mol. The van der Waals surface area contributed by atoms with E-state index in [1.165, 1.54) is 0 Å². The first-order valence-corrected chi connectivity index (χ1v) is 18.7. The Labute approximate surface area is 258 Å². The van der Waals surface area contributed by atoms with Crippen molar-refractivity contribution in [1.29, 1.82) is 0 Å². The highest BCUT2D eigenvalue weighted by Crippen LogP contribution is 2.40. The van der Waals surface area contributed by atoms with Gasteiger partial charge in [-0.1, -0.05) is 0 Å². The number of alkyl halides is 6. The van der Waals surface area contributed by atoms with Crippen molar-refractivity contribution >= 4 is 61.2 Å². The largest absolute Gasteiger partial charge is 0.422 e. The summed E-state index contributed by atoms with van der Waals surface area (Å²) in [7, 11) is -18.0. The van der Waals surface area contributed by atoms with Gasteiger partial charge in [-0.3, -0.25) is 0 Å². The van der Waals surface area contributed by atoms with Gasteiger partial charge in [-0.05, 0) is 0 Å². The first kappa shape index (κ1) is 45.9. The number of sulfonamides is 1. The van der Waals surface area contributed by atoms with Crippen molar-refractivity contribution in [2.75, 3.05) is 17.6 Å². The third-order valence-electron chi connectivity index (χ3n) is 3.94. The van der Waals surface area contributed by atoms with Crippen LogP contribution >= 0.6 is 14.8 Å². The third kappa shape index (κ3) is 12.1. The van der Waals surface area contributed by atoms with Crippen LogP contribution < -0.4 is 5.14 Å². The van der Waals surface area contributed by atoms with E-state index < -0.39 is 123 Å². The van der Waals surface area contributed by atoms with Crippen LogP contribution in [0.3, 0.4) is 0 Å². The summed E-state index contributed by atoms with van der Waals surface area (Å²) < 4.78 is 264. The molecule has 9 nitrogen and oxygen atoms in total. The molecule has 0 atom stereocenters. The summed E-state index contributed by atoms with van der Waals surface area (Å²) >= 11 is 1.71. The molecule has 2 rings (SSSR count). The van der Waals surface area contributed by atoms with Gasteiger partial charge >= 0.3 is 12.4 Å². The maximum absolute atomic E-state index is 13.4. The molecule has 0 saturated heterocycles. The third-order valence-corrected chi connectivity index (χ3v) is 9.69.